The van der Waals surface area contributed by atoms with Crippen LogP contribution in [0, 0.1) is 0 Å². The summed E-state index contributed by atoms with van der Waals surface area (Å²) in [7, 11) is 0. The first-order chi connectivity index (χ1) is 6.40. The van der Waals surface area contributed by atoms with Crippen molar-refractivity contribution in [1.82, 2.24) is 0 Å². The van der Waals surface area contributed by atoms with Gasteiger partial charge in [-0.25, -0.2) is 0 Å². The van der Waals surface area contributed by atoms with Gasteiger partial charge in [-0.2, -0.15) is 0 Å². The second kappa shape index (κ2) is 9.46. The number of carbonyl (C=O) groups excluding carboxylic acids is 1. The normalized spacial score (nSPS) is 12.6. The third kappa shape index (κ3) is 8.28. The summed E-state index contributed by atoms with van der Waals surface area (Å²) < 4.78 is 6.72. The van der Waals surface area contributed by atoms with Crippen LogP contribution < -0.4 is 0 Å². The molecule has 1 aliphatic rings. The molecule has 0 amide bonds. The molecule has 0 aromatic heterocycles. The van der Waals surface area contributed by atoms with Gasteiger partial charge in [-0.3, -0.25) is 0 Å². The summed E-state index contributed by atoms with van der Waals surface area (Å²) in [5.74, 6) is 0. The molecule has 0 spiro atoms. The number of hydrogen-bond donors (Lipinski definition) is 0. The van der Waals surface area contributed by atoms with Crippen LogP contribution >= 0.6 is 37.2 Å². The Balaban J connectivity index is -0.000000653. The summed E-state index contributed by atoms with van der Waals surface area (Å²) in [6.45, 7) is 5.74. The van der Waals surface area contributed by atoms with Crippen molar-refractivity contribution in [2.75, 3.05) is 0 Å². The van der Waals surface area contributed by atoms with Gasteiger partial charge in [0.2, 0.25) is 0 Å². The van der Waals surface area contributed by atoms with Gasteiger partial charge in [0.1, 0.15) is 0 Å². The Labute approximate surface area is 128 Å². The first kappa shape index (κ1) is 22.7. The molecule has 101 valence electrons. The molecule has 0 heterocycles. The van der Waals surface area contributed by atoms with Crippen molar-refractivity contribution in [3.63, 3.8) is 0 Å². The van der Waals surface area contributed by atoms with Gasteiger partial charge >= 0.3 is 91.8 Å². The molecule has 0 bridgehead atoms. The first-order valence-electron chi connectivity index (χ1n) is 4.83. The van der Waals surface area contributed by atoms with Crippen LogP contribution in [0.25, 0.3) is 0 Å². The predicted molar refractivity (Wildman–Crippen MR) is 75.7 cm³/mol. The SMILES string of the molecule is Cl.Cl.Cl.[CH3][Ti]([C](=O)OC(C)(C)C)[C]1=CC=CC1. The van der Waals surface area contributed by atoms with E-state index in [0.29, 0.717) is 0 Å². The van der Waals surface area contributed by atoms with Crippen molar-refractivity contribution in [1.29, 1.82) is 0 Å². The number of carbonyl (C=O) groups is 1. The molecule has 0 saturated heterocycles. The Morgan fingerprint density at radius 1 is 1.29 bits per heavy atom. The van der Waals surface area contributed by atoms with Crippen LogP contribution in [0.15, 0.2) is 22.1 Å². The molecule has 0 aromatic rings. The third-order valence-electron chi connectivity index (χ3n) is 1.96. The van der Waals surface area contributed by atoms with Gasteiger partial charge in [-0.05, 0) is 0 Å². The fourth-order valence-corrected chi connectivity index (χ4v) is 3.54. The standard InChI is InChI=1S/C5H9O2.C5H5.CH3.3ClH.Ti/c1-5(2,3)7-4-6;1-2-4-5-3-1;;;;;/h1-3H3;1-3H,4H2;1H3;3*1H;. The van der Waals surface area contributed by atoms with Gasteiger partial charge < -0.3 is 0 Å². The summed E-state index contributed by atoms with van der Waals surface area (Å²) in [4.78, 5) is 11.7. The van der Waals surface area contributed by atoms with Crippen molar-refractivity contribution in [2.45, 2.75) is 38.0 Å². The summed E-state index contributed by atoms with van der Waals surface area (Å²) >= 11 is -1.79. The Bertz CT molecular complexity index is 296. The number of hydrogen-bond acceptors (Lipinski definition) is 2. The zero-order chi connectivity index (χ0) is 10.8. The molecule has 0 N–H and O–H groups in total. The molecule has 0 aliphatic heterocycles. The quantitative estimate of drug-likeness (QED) is 0.682. The van der Waals surface area contributed by atoms with Crippen molar-refractivity contribution in [3.05, 3.63) is 22.1 Å². The van der Waals surface area contributed by atoms with Crippen LogP contribution in [0.3, 0.4) is 0 Å². The summed E-state index contributed by atoms with van der Waals surface area (Å²) in [6.07, 6.45) is 7.14. The molecule has 0 unspecified atom stereocenters. The van der Waals surface area contributed by atoms with Gasteiger partial charge in [0.05, 0.1) is 0 Å². The van der Waals surface area contributed by atoms with Crippen molar-refractivity contribution in [2.24, 2.45) is 0 Å². The Hall–Kier alpha value is 0.534. The van der Waals surface area contributed by atoms with E-state index >= 15 is 0 Å². The van der Waals surface area contributed by atoms with E-state index in [1.807, 2.05) is 26.8 Å². The van der Waals surface area contributed by atoms with Crippen molar-refractivity contribution >= 4 is 41.5 Å². The molecule has 0 saturated carbocycles. The van der Waals surface area contributed by atoms with Gasteiger partial charge in [0.15, 0.2) is 0 Å². The minimum atomic E-state index is -1.79. The number of halogens is 3. The van der Waals surface area contributed by atoms with Crippen LogP contribution in [-0.4, -0.2) is 9.88 Å². The van der Waals surface area contributed by atoms with Gasteiger partial charge in [-0.15, -0.1) is 37.2 Å². The first-order valence-corrected chi connectivity index (χ1v) is 7.95. The van der Waals surface area contributed by atoms with E-state index in [1.165, 1.54) is 3.88 Å². The van der Waals surface area contributed by atoms with E-state index < -0.39 is 17.9 Å². The average Bonchev–Trinajstić information content (AvgIpc) is 2.51. The molecule has 2 nitrogen and oxygen atoms in total. The Morgan fingerprint density at radius 2 is 1.82 bits per heavy atom. The molecule has 0 atom stereocenters. The van der Waals surface area contributed by atoms with Crippen LogP contribution in [0.2, 0.25) is 5.23 Å². The van der Waals surface area contributed by atoms with Gasteiger partial charge in [0, 0.05) is 0 Å². The van der Waals surface area contributed by atoms with E-state index in [-0.39, 0.29) is 47.1 Å². The van der Waals surface area contributed by atoms with E-state index in [9.17, 15) is 4.79 Å². The molecule has 17 heavy (non-hydrogen) atoms. The fraction of sp³-hybridized carbons (Fsp3) is 0.545. The second-order valence-corrected chi connectivity index (χ2v) is 8.04. The molecule has 0 fully saturated rings. The molecule has 0 radical (unpaired) electrons. The fourth-order valence-electron chi connectivity index (χ4n) is 1.21. The molecular formula is C11H20Cl3O2Ti. The van der Waals surface area contributed by atoms with Crippen LogP contribution in [0.1, 0.15) is 27.2 Å². The van der Waals surface area contributed by atoms with Gasteiger partial charge in [0.25, 0.3) is 0 Å². The average molecular weight is 339 g/mol. The van der Waals surface area contributed by atoms with E-state index in [4.69, 9.17) is 4.74 Å². The maximum atomic E-state index is 11.7. The molecule has 1 rings (SSSR count). The number of ether oxygens (including phenoxy) is 1. The van der Waals surface area contributed by atoms with Crippen LogP contribution in [-0.2, 0) is 22.6 Å². The van der Waals surface area contributed by atoms with Crippen LogP contribution in [0.5, 0.6) is 0 Å². The Kier molecular flexibility index (Phi) is 12.6. The zero-order valence-corrected chi connectivity index (χ0v) is 14.5. The summed E-state index contributed by atoms with van der Waals surface area (Å²) in [5.41, 5.74) is -0.349. The molecule has 0 aromatic carbocycles. The van der Waals surface area contributed by atoms with Crippen molar-refractivity contribution < 1.29 is 27.4 Å². The van der Waals surface area contributed by atoms with E-state index in [0.717, 1.165) is 6.42 Å². The molecule has 1 aliphatic carbocycles. The monoisotopic (exact) mass is 337 g/mol. The van der Waals surface area contributed by atoms with Gasteiger partial charge in [-0.1, -0.05) is 0 Å². The number of rotatable bonds is 2. The summed E-state index contributed by atoms with van der Waals surface area (Å²) in [6, 6.07) is 0. The third-order valence-corrected chi connectivity index (χ3v) is 5.16. The molecular weight excluding hydrogens is 318 g/mol. The van der Waals surface area contributed by atoms with E-state index in [1.54, 1.807) is 0 Å². The molecule has 6 heteroatoms. The topological polar surface area (TPSA) is 26.3 Å². The predicted octanol–water partition coefficient (Wildman–Crippen LogP) is 4.70. The number of allylic oxidation sites excluding steroid dienone is 4. The van der Waals surface area contributed by atoms with E-state index in [2.05, 4.69) is 17.4 Å². The second-order valence-electron chi connectivity index (χ2n) is 4.45. The van der Waals surface area contributed by atoms with Crippen molar-refractivity contribution in [3.8, 4) is 0 Å². The summed E-state index contributed by atoms with van der Waals surface area (Å²) in [5, 5.41) is 2.06. The zero-order valence-electron chi connectivity index (χ0n) is 10.5. The maximum absolute atomic E-state index is 11.7. The van der Waals surface area contributed by atoms with Crippen LogP contribution in [0.4, 0.5) is 4.79 Å². The minimum absolute atomic E-state index is 0. The Morgan fingerprint density at radius 3 is 2.18 bits per heavy atom.